The molecule has 2 aliphatic rings. The van der Waals surface area contributed by atoms with E-state index in [1.165, 1.54) is 0 Å². The summed E-state index contributed by atoms with van der Waals surface area (Å²) in [6.45, 7) is 4.23. The fourth-order valence-corrected chi connectivity index (χ4v) is 5.23. The molecule has 0 atom stereocenters. The quantitative estimate of drug-likeness (QED) is 0.378. The average Bonchev–Trinajstić information content (AvgIpc) is 3.46. The number of pyridine rings is 1. The number of hydrogen-bond acceptors (Lipinski definition) is 8. The van der Waals surface area contributed by atoms with Gasteiger partial charge >= 0.3 is 0 Å². The van der Waals surface area contributed by atoms with Crippen LogP contribution in [0.25, 0.3) is 33.6 Å². The minimum atomic E-state index is -0.0454. The first kappa shape index (κ1) is 25.9. The summed E-state index contributed by atoms with van der Waals surface area (Å²) in [4.78, 5) is 19.4. The molecule has 0 bridgehead atoms. The van der Waals surface area contributed by atoms with Crippen molar-refractivity contribution in [2.75, 3.05) is 46.5 Å². The number of amides is 1. The molecule has 0 aliphatic carbocycles. The molecular formula is C31H30N4O5. The number of piperazine rings is 1. The van der Waals surface area contributed by atoms with Gasteiger partial charge in [-0.05, 0) is 35.9 Å². The molecule has 2 fully saturated rings. The fraction of sp³-hybridized carbons (Fsp3) is 0.323. The Morgan fingerprint density at radius 1 is 1.05 bits per heavy atom. The number of fused-ring (bicyclic) bond motifs is 1. The largest absolute Gasteiger partial charge is 0.496 e. The van der Waals surface area contributed by atoms with Gasteiger partial charge in [-0.3, -0.25) is 9.78 Å². The molecule has 0 saturated carbocycles. The van der Waals surface area contributed by atoms with Gasteiger partial charge in [0.1, 0.15) is 34.9 Å². The van der Waals surface area contributed by atoms with Crippen LogP contribution in [-0.2, 0) is 4.74 Å². The lowest BCUT2D eigenvalue weighted by Gasteiger charge is -2.28. The van der Waals surface area contributed by atoms with Crippen LogP contribution < -0.4 is 14.8 Å². The van der Waals surface area contributed by atoms with Crippen molar-refractivity contribution in [3.63, 3.8) is 0 Å². The predicted octanol–water partition coefficient (Wildman–Crippen LogP) is 4.65. The topological polar surface area (TPSA) is 110 Å². The second-order valence-electron chi connectivity index (χ2n) is 9.89. The van der Waals surface area contributed by atoms with Gasteiger partial charge in [-0.25, -0.2) is 0 Å². The van der Waals surface area contributed by atoms with Crippen LogP contribution in [0.5, 0.6) is 11.5 Å². The highest BCUT2D eigenvalue weighted by Crippen LogP contribution is 2.37. The monoisotopic (exact) mass is 538 g/mol. The number of nitrogens with zero attached hydrogens (tertiary/aromatic N) is 3. The molecule has 4 heterocycles. The second kappa shape index (κ2) is 11.4. The summed E-state index contributed by atoms with van der Waals surface area (Å²) in [5, 5.41) is 13.1. The van der Waals surface area contributed by atoms with E-state index in [0.717, 1.165) is 42.6 Å². The highest BCUT2D eigenvalue weighted by molar-refractivity contribution is 5.98. The Balaban J connectivity index is 1.31. The van der Waals surface area contributed by atoms with Gasteiger partial charge in [0.05, 0.1) is 31.5 Å². The molecular weight excluding hydrogens is 508 g/mol. The third kappa shape index (κ3) is 5.11. The minimum Gasteiger partial charge on any atom is -0.496 e. The van der Waals surface area contributed by atoms with E-state index >= 15 is 0 Å². The van der Waals surface area contributed by atoms with Gasteiger partial charge in [0.25, 0.3) is 5.91 Å². The summed E-state index contributed by atoms with van der Waals surface area (Å²) >= 11 is 0. The molecule has 1 amide bonds. The number of nitrogens with one attached hydrogen (secondary N) is 1. The van der Waals surface area contributed by atoms with Gasteiger partial charge in [0.15, 0.2) is 5.58 Å². The van der Waals surface area contributed by atoms with Crippen molar-refractivity contribution in [3.8, 4) is 40.0 Å². The predicted molar refractivity (Wildman–Crippen MR) is 149 cm³/mol. The Morgan fingerprint density at radius 3 is 2.62 bits per heavy atom. The zero-order valence-electron chi connectivity index (χ0n) is 22.3. The first-order valence-electron chi connectivity index (χ1n) is 13.5. The number of carbonyl (C=O) groups excluding carboxylic acids is 1. The lowest BCUT2D eigenvalue weighted by molar-refractivity contribution is 0.0254. The normalized spacial score (nSPS) is 16.1. The number of furan rings is 1. The van der Waals surface area contributed by atoms with E-state index in [2.05, 4.69) is 16.4 Å². The zero-order valence-corrected chi connectivity index (χ0v) is 22.3. The number of nitriles is 1. The molecule has 9 heteroatoms. The number of aromatic nitrogens is 1. The molecule has 0 spiro atoms. The Hall–Kier alpha value is -4.39. The van der Waals surface area contributed by atoms with E-state index in [9.17, 15) is 10.1 Å². The molecule has 0 radical (unpaired) electrons. The van der Waals surface area contributed by atoms with Gasteiger partial charge in [0, 0.05) is 62.4 Å². The number of benzene rings is 2. The van der Waals surface area contributed by atoms with Gasteiger partial charge in [-0.1, -0.05) is 12.1 Å². The van der Waals surface area contributed by atoms with E-state index in [-0.39, 0.29) is 12.0 Å². The number of rotatable bonds is 6. The maximum absolute atomic E-state index is 13.1. The van der Waals surface area contributed by atoms with Crippen molar-refractivity contribution >= 4 is 17.0 Å². The highest BCUT2D eigenvalue weighted by atomic mass is 16.5. The minimum absolute atomic E-state index is 0.0440. The van der Waals surface area contributed by atoms with Crippen molar-refractivity contribution < 1.29 is 23.4 Å². The first-order chi connectivity index (χ1) is 19.6. The fourth-order valence-electron chi connectivity index (χ4n) is 5.23. The van der Waals surface area contributed by atoms with Crippen LogP contribution in [-0.4, -0.2) is 68.4 Å². The third-order valence-corrected chi connectivity index (χ3v) is 7.41. The van der Waals surface area contributed by atoms with Crippen molar-refractivity contribution in [2.24, 2.45) is 0 Å². The first-order valence-corrected chi connectivity index (χ1v) is 13.5. The molecule has 2 saturated heterocycles. The maximum atomic E-state index is 13.1. The smallest absolute Gasteiger partial charge is 0.257 e. The van der Waals surface area contributed by atoms with Gasteiger partial charge in [-0.15, -0.1) is 0 Å². The Kier molecular flexibility index (Phi) is 7.36. The zero-order chi connectivity index (χ0) is 27.5. The van der Waals surface area contributed by atoms with Gasteiger partial charge < -0.3 is 28.8 Å². The Labute approximate surface area is 232 Å². The van der Waals surface area contributed by atoms with Crippen molar-refractivity contribution in [1.82, 2.24) is 15.2 Å². The van der Waals surface area contributed by atoms with Crippen molar-refractivity contribution in [2.45, 2.75) is 18.9 Å². The maximum Gasteiger partial charge on any atom is 0.257 e. The average molecular weight is 539 g/mol. The van der Waals surface area contributed by atoms with E-state index in [1.54, 1.807) is 19.4 Å². The number of hydrogen-bond donors (Lipinski definition) is 1. The summed E-state index contributed by atoms with van der Waals surface area (Å²) < 4.78 is 23.5. The van der Waals surface area contributed by atoms with E-state index < -0.39 is 0 Å². The van der Waals surface area contributed by atoms with Crippen LogP contribution in [0.3, 0.4) is 0 Å². The lowest BCUT2D eigenvalue weighted by Crippen LogP contribution is -2.46. The summed E-state index contributed by atoms with van der Waals surface area (Å²) in [6.07, 6.45) is 3.39. The molecule has 6 rings (SSSR count). The third-order valence-electron chi connectivity index (χ3n) is 7.41. The van der Waals surface area contributed by atoms with E-state index in [1.807, 2.05) is 47.4 Å². The number of methoxy groups -OCH3 is 1. The second-order valence-corrected chi connectivity index (χ2v) is 9.89. The van der Waals surface area contributed by atoms with Gasteiger partial charge in [0.2, 0.25) is 0 Å². The lowest BCUT2D eigenvalue weighted by atomic mass is 10.0. The Bertz CT molecular complexity index is 1580. The number of ether oxygens (including phenoxy) is 3. The molecule has 2 aromatic carbocycles. The number of carbonyl (C=O) groups is 1. The standard InChI is InChI=1S/C31H30N4O5/c1-37-29-17-21(2-4-25(29)31(36)35-12-10-33-11-13-35)28-18-26-30(40-28)24(6-9-34-26)20-3-5-27(22(16-20)19-32)39-23-7-14-38-15-8-23/h2-6,9,16-18,23,33H,7-8,10-15H2,1H3. The molecule has 204 valence electrons. The molecule has 2 aromatic heterocycles. The van der Waals surface area contributed by atoms with Crippen LogP contribution in [0.1, 0.15) is 28.8 Å². The highest BCUT2D eigenvalue weighted by Gasteiger charge is 2.23. The molecule has 40 heavy (non-hydrogen) atoms. The molecule has 4 aromatic rings. The summed E-state index contributed by atoms with van der Waals surface area (Å²) in [5.74, 6) is 1.63. The van der Waals surface area contributed by atoms with E-state index in [0.29, 0.717) is 65.8 Å². The summed E-state index contributed by atoms with van der Waals surface area (Å²) in [6, 6.07) is 17.1. The van der Waals surface area contributed by atoms with Crippen molar-refractivity contribution in [3.05, 3.63) is 65.9 Å². The summed E-state index contributed by atoms with van der Waals surface area (Å²) in [5.41, 5.74) is 4.72. The molecule has 2 aliphatic heterocycles. The SMILES string of the molecule is COc1cc(-c2cc3nccc(-c4ccc(OC5CCOCC5)c(C#N)c4)c3o2)ccc1C(=O)N1CCNCC1. The van der Waals surface area contributed by atoms with Crippen LogP contribution in [0.15, 0.2) is 59.1 Å². The van der Waals surface area contributed by atoms with Crippen molar-refractivity contribution in [1.29, 1.82) is 5.26 Å². The molecule has 1 N–H and O–H groups in total. The molecule has 0 unspecified atom stereocenters. The summed E-state index contributed by atoms with van der Waals surface area (Å²) in [7, 11) is 1.56. The van der Waals surface area contributed by atoms with Crippen LogP contribution >= 0.6 is 0 Å². The Morgan fingerprint density at radius 2 is 1.85 bits per heavy atom. The van der Waals surface area contributed by atoms with Gasteiger partial charge in [-0.2, -0.15) is 5.26 Å². The van der Waals surface area contributed by atoms with Crippen LogP contribution in [0, 0.1) is 11.3 Å². The van der Waals surface area contributed by atoms with E-state index in [4.69, 9.17) is 18.6 Å². The van der Waals surface area contributed by atoms with Crippen LogP contribution in [0.4, 0.5) is 0 Å². The van der Waals surface area contributed by atoms with Crippen LogP contribution in [0.2, 0.25) is 0 Å². The molecule has 9 nitrogen and oxygen atoms in total.